The van der Waals surface area contributed by atoms with Crippen molar-refractivity contribution < 1.29 is 19.1 Å². The van der Waals surface area contributed by atoms with Crippen molar-refractivity contribution in [3.63, 3.8) is 0 Å². The van der Waals surface area contributed by atoms with E-state index in [0.717, 1.165) is 6.42 Å². The first kappa shape index (κ1) is 17.1. The second-order valence-corrected chi connectivity index (χ2v) is 5.84. The number of nitrogens with one attached hydrogen (secondary N) is 1. The quantitative estimate of drug-likeness (QED) is 0.835. The Kier molecular flexibility index (Phi) is 6.26. The fourth-order valence-electron chi connectivity index (χ4n) is 2.35. The number of carbonyl (C=O) groups is 2. The Morgan fingerprint density at radius 2 is 2.09 bits per heavy atom. The molecule has 1 N–H and O–H groups in total. The van der Waals surface area contributed by atoms with E-state index in [0.29, 0.717) is 32.0 Å². The minimum absolute atomic E-state index is 0.0372. The molecule has 1 aliphatic heterocycles. The summed E-state index contributed by atoms with van der Waals surface area (Å²) >= 11 is 0. The van der Waals surface area contributed by atoms with Gasteiger partial charge in [0.25, 0.3) is 5.91 Å². The lowest BCUT2D eigenvalue weighted by Crippen LogP contribution is -2.46. The summed E-state index contributed by atoms with van der Waals surface area (Å²) < 4.78 is 10.7. The van der Waals surface area contributed by atoms with Gasteiger partial charge in [-0.25, -0.2) is 4.79 Å². The van der Waals surface area contributed by atoms with Crippen molar-refractivity contribution in [2.24, 2.45) is 5.92 Å². The summed E-state index contributed by atoms with van der Waals surface area (Å²) in [4.78, 5) is 25.5. The van der Waals surface area contributed by atoms with Crippen LogP contribution in [-0.2, 0) is 9.53 Å². The maximum Gasteiger partial charge on any atom is 0.409 e. The average molecular weight is 320 g/mol. The third-order valence-corrected chi connectivity index (χ3v) is 3.61. The summed E-state index contributed by atoms with van der Waals surface area (Å²) in [6.07, 6.45) is -0.0528. The first-order valence-electron chi connectivity index (χ1n) is 7.99. The predicted molar refractivity (Wildman–Crippen MR) is 86.2 cm³/mol. The first-order valence-corrected chi connectivity index (χ1v) is 7.99. The third-order valence-electron chi connectivity index (χ3n) is 3.61. The number of ether oxygens (including phenoxy) is 2. The fraction of sp³-hybridized carbons (Fsp3) is 0.529. The van der Waals surface area contributed by atoms with Crippen molar-refractivity contribution >= 4 is 12.0 Å². The highest BCUT2D eigenvalue weighted by Crippen LogP contribution is 2.15. The number of amides is 2. The Labute approximate surface area is 136 Å². The number of cyclic esters (lactones) is 1. The van der Waals surface area contributed by atoms with E-state index < -0.39 is 6.10 Å². The molecule has 6 heteroatoms. The molecule has 0 bridgehead atoms. The molecule has 0 spiro atoms. The lowest BCUT2D eigenvalue weighted by atomic mass is 10.1. The summed E-state index contributed by atoms with van der Waals surface area (Å²) in [5.41, 5.74) is 0. The van der Waals surface area contributed by atoms with Gasteiger partial charge in [0.1, 0.15) is 5.75 Å². The van der Waals surface area contributed by atoms with E-state index in [1.165, 1.54) is 0 Å². The number of benzene rings is 1. The monoisotopic (exact) mass is 320 g/mol. The largest absolute Gasteiger partial charge is 0.480 e. The lowest BCUT2D eigenvalue weighted by Gasteiger charge is -2.27. The van der Waals surface area contributed by atoms with Crippen LogP contribution in [-0.4, -0.2) is 49.2 Å². The molecular weight excluding hydrogens is 296 g/mol. The molecule has 23 heavy (non-hydrogen) atoms. The molecule has 0 radical (unpaired) electrons. The molecule has 1 saturated heterocycles. The summed E-state index contributed by atoms with van der Waals surface area (Å²) in [6.45, 7) is 5.85. The van der Waals surface area contributed by atoms with Gasteiger partial charge in [-0.05, 0) is 24.5 Å². The summed E-state index contributed by atoms with van der Waals surface area (Å²) in [5, 5.41) is 2.84. The van der Waals surface area contributed by atoms with Gasteiger partial charge in [0.15, 0.2) is 6.10 Å². The molecular formula is C17H24N2O4. The minimum Gasteiger partial charge on any atom is -0.480 e. The molecule has 1 atom stereocenters. The van der Waals surface area contributed by atoms with Crippen LogP contribution in [0.4, 0.5) is 4.79 Å². The molecule has 1 fully saturated rings. The number of carbonyl (C=O) groups excluding carboxylic acids is 2. The predicted octanol–water partition coefficient (Wildman–Crippen LogP) is 2.05. The molecule has 6 nitrogen and oxygen atoms in total. The maximum absolute atomic E-state index is 12.3. The Morgan fingerprint density at radius 3 is 2.74 bits per heavy atom. The topological polar surface area (TPSA) is 67.9 Å². The summed E-state index contributed by atoms with van der Waals surface area (Å²) in [5.74, 6) is 0.533. The van der Waals surface area contributed by atoms with Crippen LogP contribution in [0.1, 0.15) is 20.3 Å². The van der Waals surface area contributed by atoms with E-state index in [1.54, 1.807) is 4.90 Å². The number of para-hydroxylation sites is 1. The zero-order valence-corrected chi connectivity index (χ0v) is 13.7. The van der Waals surface area contributed by atoms with Gasteiger partial charge in [0.05, 0.1) is 6.61 Å². The SMILES string of the molecule is CC(C)[C@@H](Oc1ccccc1)C(=O)NCCN1CCCOC1=O. The van der Waals surface area contributed by atoms with Gasteiger partial charge in [-0.2, -0.15) is 0 Å². The molecule has 1 aromatic carbocycles. The Balaban J connectivity index is 1.82. The zero-order valence-electron chi connectivity index (χ0n) is 13.7. The van der Waals surface area contributed by atoms with Crippen LogP contribution in [0.25, 0.3) is 0 Å². The van der Waals surface area contributed by atoms with Crippen LogP contribution in [0.5, 0.6) is 5.75 Å². The summed E-state index contributed by atoms with van der Waals surface area (Å²) in [7, 11) is 0. The van der Waals surface area contributed by atoms with Gasteiger partial charge >= 0.3 is 6.09 Å². The van der Waals surface area contributed by atoms with E-state index in [4.69, 9.17) is 9.47 Å². The second kappa shape index (κ2) is 8.41. The highest BCUT2D eigenvalue weighted by atomic mass is 16.6. The minimum atomic E-state index is -0.564. The first-order chi connectivity index (χ1) is 11.1. The van der Waals surface area contributed by atoms with Crippen molar-refractivity contribution in [1.82, 2.24) is 10.2 Å². The molecule has 0 aliphatic carbocycles. The third kappa shape index (κ3) is 5.16. The van der Waals surface area contributed by atoms with Crippen LogP contribution in [0, 0.1) is 5.92 Å². The van der Waals surface area contributed by atoms with Crippen molar-refractivity contribution in [2.75, 3.05) is 26.2 Å². The van der Waals surface area contributed by atoms with Gasteiger partial charge in [-0.3, -0.25) is 4.79 Å². The Morgan fingerprint density at radius 1 is 1.35 bits per heavy atom. The van der Waals surface area contributed by atoms with Crippen molar-refractivity contribution in [2.45, 2.75) is 26.4 Å². The average Bonchev–Trinajstić information content (AvgIpc) is 2.55. The second-order valence-electron chi connectivity index (χ2n) is 5.84. The standard InChI is InChI=1S/C17H24N2O4/c1-13(2)15(23-14-7-4-3-5-8-14)16(20)18-9-11-19-10-6-12-22-17(19)21/h3-5,7-8,13,15H,6,9-12H2,1-2H3,(H,18,20)/t15-/m1/s1. The van der Waals surface area contributed by atoms with Crippen molar-refractivity contribution in [3.8, 4) is 5.75 Å². The molecule has 126 valence electrons. The van der Waals surface area contributed by atoms with Crippen LogP contribution in [0.2, 0.25) is 0 Å². The fourth-order valence-corrected chi connectivity index (χ4v) is 2.35. The molecule has 2 rings (SSSR count). The normalized spacial score (nSPS) is 16.0. The molecule has 1 aliphatic rings. The van der Waals surface area contributed by atoms with Gasteiger partial charge < -0.3 is 19.7 Å². The number of rotatable bonds is 7. The molecule has 0 saturated carbocycles. The molecule has 0 unspecified atom stereocenters. The van der Waals surface area contributed by atoms with E-state index in [9.17, 15) is 9.59 Å². The highest BCUT2D eigenvalue weighted by Gasteiger charge is 2.25. The van der Waals surface area contributed by atoms with E-state index >= 15 is 0 Å². The van der Waals surface area contributed by atoms with E-state index in [1.807, 2.05) is 44.2 Å². The lowest BCUT2D eigenvalue weighted by molar-refractivity contribution is -0.129. The van der Waals surface area contributed by atoms with Gasteiger partial charge in [-0.1, -0.05) is 32.0 Å². The van der Waals surface area contributed by atoms with Crippen LogP contribution in [0.15, 0.2) is 30.3 Å². The highest BCUT2D eigenvalue weighted by molar-refractivity contribution is 5.81. The van der Waals surface area contributed by atoms with E-state index in [-0.39, 0.29) is 17.9 Å². The van der Waals surface area contributed by atoms with Crippen LogP contribution >= 0.6 is 0 Å². The molecule has 0 aromatic heterocycles. The maximum atomic E-state index is 12.3. The van der Waals surface area contributed by atoms with Crippen molar-refractivity contribution in [1.29, 1.82) is 0 Å². The van der Waals surface area contributed by atoms with Gasteiger partial charge in [-0.15, -0.1) is 0 Å². The number of hydrogen-bond acceptors (Lipinski definition) is 4. The molecule has 1 aromatic rings. The van der Waals surface area contributed by atoms with Gasteiger partial charge in [0, 0.05) is 19.6 Å². The molecule has 2 amide bonds. The Bertz CT molecular complexity index is 519. The Hall–Kier alpha value is -2.24. The van der Waals surface area contributed by atoms with Crippen LogP contribution in [0.3, 0.4) is 0 Å². The zero-order chi connectivity index (χ0) is 16.7. The smallest absolute Gasteiger partial charge is 0.409 e. The summed E-state index contributed by atoms with van der Waals surface area (Å²) in [6, 6.07) is 9.28. The molecule has 1 heterocycles. The van der Waals surface area contributed by atoms with Crippen LogP contribution < -0.4 is 10.1 Å². The number of hydrogen-bond donors (Lipinski definition) is 1. The van der Waals surface area contributed by atoms with Crippen molar-refractivity contribution in [3.05, 3.63) is 30.3 Å². The number of nitrogens with zero attached hydrogens (tertiary/aromatic N) is 1. The van der Waals surface area contributed by atoms with E-state index in [2.05, 4.69) is 5.32 Å². The van der Waals surface area contributed by atoms with Gasteiger partial charge in [0.2, 0.25) is 0 Å².